The minimum Gasteiger partial charge on any atom is -0.520 e. The fourth-order valence-electron chi connectivity index (χ4n) is 9.56. The number of amides is 6. The first-order valence-corrected chi connectivity index (χ1v) is 29.1. The Morgan fingerprint density at radius 3 is 1.09 bits per heavy atom. The maximum atomic E-state index is 12.2. The summed E-state index contributed by atoms with van der Waals surface area (Å²) in [5.41, 5.74) is 3.73. The summed E-state index contributed by atoms with van der Waals surface area (Å²) in [5, 5.41) is 0. The van der Waals surface area contributed by atoms with E-state index < -0.39 is 0 Å². The molecule has 6 fully saturated rings. The second-order valence-corrected chi connectivity index (χ2v) is 19.3. The van der Waals surface area contributed by atoms with E-state index >= 15 is 0 Å². The maximum Gasteiger partial charge on any atom is 0.234 e. The normalized spacial score (nSPS) is 16.1. The topological polar surface area (TPSA) is 132 Å². The summed E-state index contributed by atoms with van der Waals surface area (Å²) in [5.74, 6) is 9.30. The summed E-state index contributed by atoms with van der Waals surface area (Å²) in [4.78, 5) is 85.3. The fraction of sp³-hybridized carbons (Fsp3) is 0.582. The van der Waals surface area contributed by atoms with E-state index in [0.29, 0.717) is 49.7 Å². The van der Waals surface area contributed by atoms with Gasteiger partial charge in [-0.15, -0.1) is 12.3 Å². The Morgan fingerprint density at radius 2 is 0.765 bits per heavy atom. The number of rotatable bonds is 15. The quantitative estimate of drug-likeness (QED) is 0.0846. The third-order valence-electron chi connectivity index (χ3n) is 14.4. The molecule has 0 aromatic heterocycles. The predicted octanol–water partition coefficient (Wildman–Crippen LogP) is 7.95. The van der Waals surface area contributed by atoms with Gasteiger partial charge in [0.25, 0.3) is 0 Å². The predicted molar refractivity (Wildman–Crippen MR) is 338 cm³/mol. The summed E-state index contributed by atoms with van der Waals surface area (Å²) >= 11 is 0. The molecule has 0 aliphatic carbocycles. The number of piperazine rings is 3. The van der Waals surface area contributed by atoms with Gasteiger partial charge in [0.2, 0.25) is 17.7 Å². The first-order chi connectivity index (χ1) is 38.7. The molecule has 0 spiro atoms. The number of likely N-dealkylation sites (tertiary alicyclic amines) is 3. The molecule has 6 aliphatic rings. The van der Waals surface area contributed by atoms with Crippen LogP contribution in [0.5, 0.6) is 0 Å². The van der Waals surface area contributed by atoms with E-state index in [9.17, 15) is 28.8 Å². The van der Waals surface area contributed by atoms with Gasteiger partial charge in [-0.3, -0.25) is 29.1 Å². The molecule has 18 heteroatoms. The average molecular weight is 1400 g/mol. The molecule has 6 aliphatic heterocycles. The first-order valence-electron chi connectivity index (χ1n) is 29.1. The van der Waals surface area contributed by atoms with Crippen LogP contribution in [-0.4, -0.2) is 217 Å². The summed E-state index contributed by atoms with van der Waals surface area (Å²) in [6, 6.07) is 31.9. The van der Waals surface area contributed by atoms with Crippen LogP contribution in [0.15, 0.2) is 91.0 Å². The van der Waals surface area contributed by atoms with Crippen molar-refractivity contribution in [3.63, 3.8) is 0 Å². The Bertz CT molecular complexity index is 2270. The van der Waals surface area contributed by atoms with Crippen molar-refractivity contribution in [2.45, 2.75) is 140 Å². The second-order valence-electron chi connectivity index (χ2n) is 19.3. The minimum absolute atomic E-state index is 0. The molecule has 3 aromatic rings. The Hall–Kier alpha value is -3.21. The molecular weight excluding hydrogens is 1290 g/mol. The van der Waals surface area contributed by atoms with E-state index in [0.717, 1.165) is 143 Å². The molecular formula is C67H104N9O6Y3-3. The van der Waals surface area contributed by atoms with Crippen molar-refractivity contribution in [2.75, 3.05) is 118 Å². The molecule has 0 bridgehead atoms. The number of aryl methyl sites for hydroxylation is 1. The standard InChI is InChI=1S/C19H26N3O2.C19H22N3O2.C11H18N3O2.C9H8.3C2H6.3CH4.3Y/c2*23-16-20-10-12-21(13-11-20)18-14-22(15-18)19(24)9-5-4-8-17-6-2-1-3-7-17;1-2-11(16)14-7-10(8-14)13-5-3-12(9-15)4-6-13;1-2-6-9-7-4-3-5-8-9;3*1-2;;;;;;/h1-3,6-7,18H,4-5,8-15H2;1-3,6-7,18H,8-15H2;10H,2-8H2,1H3;1,3-5,7-8H,6H2;3*1-2H3;3*1H4;;;/q3*-1;;;;;;;;;;. The van der Waals surface area contributed by atoms with Crippen molar-refractivity contribution in [2.24, 2.45) is 0 Å². The smallest absolute Gasteiger partial charge is 0.234 e. The molecule has 3 aromatic carbocycles. The van der Waals surface area contributed by atoms with E-state index in [4.69, 9.17) is 6.42 Å². The molecule has 0 saturated carbocycles. The van der Waals surface area contributed by atoms with Crippen molar-refractivity contribution in [3.8, 4) is 24.2 Å². The fourth-order valence-corrected chi connectivity index (χ4v) is 9.56. The van der Waals surface area contributed by atoms with Gasteiger partial charge in [-0.1, -0.05) is 174 Å². The average Bonchev–Trinajstić information content (AvgIpc) is 3.59. The van der Waals surface area contributed by atoms with Gasteiger partial charge < -0.3 is 43.8 Å². The van der Waals surface area contributed by atoms with Crippen LogP contribution in [0.1, 0.15) is 120 Å². The molecule has 0 atom stereocenters. The molecule has 85 heavy (non-hydrogen) atoms. The zero-order valence-electron chi connectivity index (χ0n) is 50.6. The van der Waals surface area contributed by atoms with Crippen LogP contribution in [0.4, 0.5) is 0 Å². The van der Waals surface area contributed by atoms with E-state index in [1.54, 1.807) is 14.7 Å². The number of unbranched alkanes of at least 4 members (excludes halogenated alkanes) is 1. The van der Waals surface area contributed by atoms with Gasteiger partial charge in [0.15, 0.2) is 0 Å². The number of benzene rings is 3. The van der Waals surface area contributed by atoms with Crippen LogP contribution in [0.25, 0.3) is 0 Å². The third kappa shape index (κ3) is 32.7. The van der Waals surface area contributed by atoms with Crippen molar-refractivity contribution in [1.82, 2.24) is 44.1 Å². The van der Waals surface area contributed by atoms with Gasteiger partial charge in [0, 0.05) is 260 Å². The number of hydrogen-bond donors (Lipinski definition) is 0. The Labute approximate surface area is 591 Å². The molecule has 6 heterocycles. The minimum atomic E-state index is 0. The monoisotopic (exact) mass is 1400 g/mol. The number of carbonyl (C=O) groups excluding carboxylic acids is 6. The largest absolute Gasteiger partial charge is 0.520 e. The second kappa shape index (κ2) is 53.8. The molecule has 6 saturated heterocycles. The Kier molecular flexibility index (Phi) is 55.8. The number of terminal acetylenes is 1. The van der Waals surface area contributed by atoms with Gasteiger partial charge >= 0.3 is 0 Å². The van der Waals surface area contributed by atoms with Crippen LogP contribution >= 0.6 is 0 Å². The van der Waals surface area contributed by atoms with E-state index in [1.807, 2.05) is 149 Å². The van der Waals surface area contributed by atoms with E-state index in [-0.39, 0.29) is 132 Å². The first kappa shape index (κ1) is 88.2. The zero-order valence-corrected chi connectivity index (χ0v) is 59.1. The Morgan fingerprint density at radius 1 is 0.447 bits per heavy atom. The van der Waals surface area contributed by atoms with Crippen LogP contribution in [0.2, 0.25) is 0 Å². The molecule has 0 N–H and O–H groups in total. The molecule has 0 unspecified atom stereocenters. The van der Waals surface area contributed by atoms with Gasteiger partial charge in [0.05, 0.1) is 6.42 Å². The number of hydrogen-bond acceptors (Lipinski definition) is 9. The van der Waals surface area contributed by atoms with Crippen molar-refractivity contribution in [3.05, 3.63) is 108 Å². The van der Waals surface area contributed by atoms with Crippen LogP contribution in [0, 0.1) is 24.2 Å². The third-order valence-corrected chi connectivity index (χ3v) is 14.4. The van der Waals surface area contributed by atoms with E-state index in [1.165, 1.54) is 16.7 Å². The van der Waals surface area contributed by atoms with Crippen LogP contribution < -0.4 is 0 Å². The number of nitrogens with zero attached hydrogens (tertiary/aromatic N) is 9. The van der Waals surface area contributed by atoms with Gasteiger partial charge in [-0.05, 0) is 36.0 Å². The zero-order chi connectivity index (χ0) is 57.6. The molecule has 15 nitrogen and oxygen atoms in total. The van der Waals surface area contributed by atoms with Gasteiger partial charge in [-0.2, -0.15) is 19.2 Å². The molecule has 6 amide bonds. The number of carbonyl (C=O) groups is 3. The maximum absolute atomic E-state index is 12.2. The van der Waals surface area contributed by atoms with Gasteiger partial charge in [0.1, 0.15) is 0 Å². The summed E-state index contributed by atoms with van der Waals surface area (Å²) in [6.45, 7) is 28.8. The molecule has 9 rings (SSSR count). The summed E-state index contributed by atoms with van der Waals surface area (Å²) in [7, 11) is 0. The molecule has 3 radical (unpaired) electrons. The SMILES string of the molecule is C.C.C.C#CCc1ccccc1.CC.CC.CC.CCC(=O)N1CC(N2CCN([C-]=O)CC2)C1.O=[C-]N1CCN(C2CN(C(=O)CC#CCc3ccccc3)C2)CC1.O=[C-]N1CCN(C2CN(C(=O)CCCCc3ccccc3)C2)CC1.[Y].[Y].[Y]. The summed E-state index contributed by atoms with van der Waals surface area (Å²) < 4.78 is 0. The van der Waals surface area contributed by atoms with Crippen molar-refractivity contribution < 1.29 is 127 Å². The van der Waals surface area contributed by atoms with Crippen molar-refractivity contribution in [1.29, 1.82) is 0 Å². The Balaban J connectivity index is -0.000000508. The summed E-state index contributed by atoms with van der Waals surface area (Å²) in [6.07, 6.45) is 17.0. The van der Waals surface area contributed by atoms with Crippen LogP contribution in [0.3, 0.4) is 0 Å². The van der Waals surface area contributed by atoms with Crippen LogP contribution in [-0.2, 0) is 146 Å². The van der Waals surface area contributed by atoms with Gasteiger partial charge in [-0.25, -0.2) is 0 Å². The van der Waals surface area contributed by atoms with E-state index in [2.05, 4.69) is 56.7 Å². The molecule has 465 valence electrons. The van der Waals surface area contributed by atoms with Crippen molar-refractivity contribution >= 4 is 37.0 Å².